The maximum absolute atomic E-state index is 5.66. The number of H-pyrrole nitrogens is 1. The number of rotatable bonds is 7. The standard InChI is InChI=1S/C15H22N4O/c1-12(15-8-9-16-18-15)17-13-4-6-14(7-5-13)20-11-10-19(2)3/h4-9,12,17H,10-11H2,1-3H3,(H,16,18). The molecule has 5 nitrogen and oxygen atoms in total. The SMILES string of the molecule is CC(Nc1ccc(OCCN(C)C)cc1)c1ccn[nH]1. The third-order valence-electron chi connectivity index (χ3n) is 3.03. The maximum atomic E-state index is 5.66. The first-order valence-corrected chi connectivity index (χ1v) is 6.78. The van der Waals surface area contributed by atoms with Gasteiger partial charge in [-0.1, -0.05) is 0 Å². The van der Waals surface area contributed by atoms with Gasteiger partial charge in [-0.2, -0.15) is 5.10 Å². The Balaban J connectivity index is 1.85. The Morgan fingerprint density at radius 1 is 1.25 bits per heavy atom. The van der Waals surface area contributed by atoms with E-state index in [0.717, 1.165) is 23.7 Å². The summed E-state index contributed by atoms with van der Waals surface area (Å²) in [6.07, 6.45) is 1.76. The van der Waals surface area contributed by atoms with Crippen LogP contribution in [0.25, 0.3) is 0 Å². The van der Waals surface area contributed by atoms with Gasteiger partial charge in [-0.3, -0.25) is 5.10 Å². The highest BCUT2D eigenvalue weighted by Gasteiger charge is 2.06. The van der Waals surface area contributed by atoms with E-state index in [2.05, 4.69) is 27.3 Å². The predicted octanol–water partition coefficient (Wildman–Crippen LogP) is 2.52. The fraction of sp³-hybridized carbons (Fsp3) is 0.400. The molecule has 0 aliphatic rings. The zero-order valence-corrected chi connectivity index (χ0v) is 12.3. The fourth-order valence-electron chi connectivity index (χ4n) is 1.83. The largest absolute Gasteiger partial charge is 0.492 e. The van der Waals surface area contributed by atoms with Gasteiger partial charge < -0.3 is 15.0 Å². The van der Waals surface area contributed by atoms with Gasteiger partial charge in [0.2, 0.25) is 0 Å². The zero-order valence-electron chi connectivity index (χ0n) is 12.3. The van der Waals surface area contributed by atoms with Gasteiger partial charge in [-0.25, -0.2) is 0 Å². The van der Waals surface area contributed by atoms with Gasteiger partial charge in [-0.05, 0) is 51.4 Å². The molecular formula is C15H22N4O. The van der Waals surface area contributed by atoms with E-state index in [1.54, 1.807) is 6.20 Å². The normalized spacial score (nSPS) is 12.4. The third-order valence-corrected chi connectivity index (χ3v) is 3.03. The molecule has 0 bridgehead atoms. The van der Waals surface area contributed by atoms with Crippen LogP contribution in [0.1, 0.15) is 18.7 Å². The van der Waals surface area contributed by atoms with E-state index in [-0.39, 0.29) is 6.04 Å². The van der Waals surface area contributed by atoms with Crippen LogP contribution in [0, 0.1) is 0 Å². The van der Waals surface area contributed by atoms with Crippen LogP contribution in [0.4, 0.5) is 5.69 Å². The molecule has 0 saturated heterocycles. The lowest BCUT2D eigenvalue weighted by molar-refractivity contribution is 0.261. The lowest BCUT2D eigenvalue weighted by Gasteiger charge is -2.14. The minimum Gasteiger partial charge on any atom is -0.492 e. The molecule has 0 radical (unpaired) electrons. The molecule has 0 spiro atoms. The fourth-order valence-corrected chi connectivity index (χ4v) is 1.83. The summed E-state index contributed by atoms with van der Waals surface area (Å²) in [5, 5.41) is 10.3. The van der Waals surface area contributed by atoms with Crippen molar-refractivity contribution in [2.45, 2.75) is 13.0 Å². The minimum absolute atomic E-state index is 0.193. The van der Waals surface area contributed by atoms with Crippen LogP contribution in [-0.2, 0) is 0 Å². The summed E-state index contributed by atoms with van der Waals surface area (Å²) < 4.78 is 5.66. The molecule has 0 fully saturated rings. The summed E-state index contributed by atoms with van der Waals surface area (Å²) in [4.78, 5) is 2.10. The topological polar surface area (TPSA) is 53.2 Å². The number of aromatic amines is 1. The Hall–Kier alpha value is -2.01. The lowest BCUT2D eigenvalue weighted by Crippen LogP contribution is -2.19. The van der Waals surface area contributed by atoms with Crippen molar-refractivity contribution >= 4 is 5.69 Å². The van der Waals surface area contributed by atoms with Crippen molar-refractivity contribution in [3.63, 3.8) is 0 Å². The molecule has 0 amide bonds. The second-order valence-electron chi connectivity index (χ2n) is 5.05. The number of aromatic nitrogens is 2. The summed E-state index contributed by atoms with van der Waals surface area (Å²) >= 11 is 0. The Morgan fingerprint density at radius 3 is 2.60 bits per heavy atom. The quantitative estimate of drug-likeness (QED) is 0.814. The first-order valence-electron chi connectivity index (χ1n) is 6.78. The second-order valence-corrected chi connectivity index (χ2v) is 5.05. The first-order chi connectivity index (χ1) is 9.65. The van der Waals surface area contributed by atoms with Crippen LogP contribution < -0.4 is 10.1 Å². The number of benzene rings is 1. The van der Waals surface area contributed by atoms with Crippen molar-refractivity contribution in [2.24, 2.45) is 0 Å². The van der Waals surface area contributed by atoms with Crippen LogP contribution in [0.2, 0.25) is 0 Å². The third kappa shape index (κ3) is 4.28. The van der Waals surface area contributed by atoms with E-state index < -0.39 is 0 Å². The monoisotopic (exact) mass is 274 g/mol. The Labute approximate surface area is 119 Å². The molecule has 20 heavy (non-hydrogen) atoms. The van der Waals surface area contributed by atoms with Gasteiger partial charge >= 0.3 is 0 Å². The minimum atomic E-state index is 0.193. The van der Waals surface area contributed by atoms with Gasteiger partial charge in [0.15, 0.2) is 0 Å². The van der Waals surface area contributed by atoms with Crippen molar-refractivity contribution in [2.75, 3.05) is 32.6 Å². The molecule has 1 unspecified atom stereocenters. The van der Waals surface area contributed by atoms with E-state index in [1.165, 1.54) is 0 Å². The number of nitrogens with zero attached hydrogens (tertiary/aromatic N) is 2. The zero-order chi connectivity index (χ0) is 14.4. The van der Waals surface area contributed by atoms with E-state index in [4.69, 9.17) is 4.74 Å². The molecule has 2 N–H and O–H groups in total. The molecule has 1 heterocycles. The maximum Gasteiger partial charge on any atom is 0.119 e. The molecule has 0 aliphatic carbocycles. The molecule has 108 valence electrons. The molecule has 2 aromatic rings. The molecule has 1 atom stereocenters. The Kier molecular flexibility index (Phi) is 5.01. The van der Waals surface area contributed by atoms with Crippen molar-refractivity contribution in [3.8, 4) is 5.75 Å². The van der Waals surface area contributed by atoms with E-state index >= 15 is 0 Å². The van der Waals surface area contributed by atoms with Crippen LogP contribution in [0.5, 0.6) is 5.75 Å². The summed E-state index contributed by atoms with van der Waals surface area (Å²) in [6, 6.07) is 10.2. The summed E-state index contributed by atoms with van der Waals surface area (Å²) in [7, 11) is 4.07. The first kappa shape index (κ1) is 14.4. The van der Waals surface area contributed by atoms with E-state index in [1.807, 2.05) is 44.4 Å². The van der Waals surface area contributed by atoms with Gasteiger partial charge in [0.25, 0.3) is 0 Å². The highest BCUT2D eigenvalue weighted by Crippen LogP contribution is 2.20. The van der Waals surface area contributed by atoms with Crippen molar-refractivity contribution < 1.29 is 4.74 Å². The molecule has 5 heteroatoms. The average Bonchev–Trinajstić information content (AvgIpc) is 2.94. The number of anilines is 1. The molecule has 0 aliphatic heterocycles. The molecule has 2 rings (SSSR count). The second kappa shape index (κ2) is 6.96. The van der Waals surface area contributed by atoms with E-state index in [0.29, 0.717) is 6.61 Å². The summed E-state index contributed by atoms with van der Waals surface area (Å²) in [5.74, 6) is 0.895. The summed E-state index contributed by atoms with van der Waals surface area (Å²) in [5.41, 5.74) is 2.13. The van der Waals surface area contributed by atoms with E-state index in [9.17, 15) is 0 Å². The number of hydrogen-bond acceptors (Lipinski definition) is 4. The number of ether oxygens (including phenoxy) is 1. The van der Waals surface area contributed by atoms with Crippen molar-refractivity contribution in [1.29, 1.82) is 0 Å². The number of hydrogen-bond donors (Lipinski definition) is 2. The van der Waals surface area contributed by atoms with Crippen LogP contribution in [-0.4, -0.2) is 42.3 Å². The highest BCUT2D eigenvalue weighted by molar-refractivity contribution is 5.47. The predicted molar refractivity (Wildman–Crippen MR) is 81.1 cm³/mol. The molecule has 0 saturated carbocycles. The number of likely N-dealkylation sites (N-methyl/N-ethyl adjacent to an activating group) is 1. The molecule has 1 aromatic carbocycles. The van der Waals surface area contributed by atoms with Crippen molar-refractivity contribution in [1.82, 2.24) is 15.1 Å². The van der Waals surface area contributed by atoms with Crippen molar-refractivity contribution in [3.05, 3.63) is 42.2 Å². The Morgan fingerprint density at radius 2 is 2.00 bits per heavy atom. The lowest BCUT2D eigenvalue weighted by atomic mass is 10.2. The number of nitrogens with one attached hydrogen (secondary N) is 2. The molecular weight excluding hydrogens is 252 g/mol. The van der Waals surface area contributed by atoms with Gasteiger partial charge in [-0.15, -0.1) is 0 Å². The van der Waals surface area contributed by atoms with Crippen LogP contribution in [0.3, 0.4) is 0 Å². The van der Waals surface area contributed by atoms with Gasteiger partial charge in [0, 0.05) is 18.4 Å². The molecule has 1 aromatic heterocycles. The van der Waals surface area contributed by atoms with Gasteiger partial charge in [0.05, 0.1) is 11.7 Å². The highest BCUT2D eigenvalue weighted by atomic mass is 16.5. The van der Waals surface area contributed by atoms with Crippen LogP contribution >= 0.6 is 0 Å². The average molecular weight is 274 g/mol. The van der Waals surface area contributed by atoms with Gasteiger partial charge in [0.1, 0.15) is 12.4 Å². The summed E-state index contributed by atoms with van der Waals surface area (Å²) in [6.45, 7) is 3.70. The smallest absolute Gasteiger partial charge is 0.119 e. The van der Waals surface area contributed by atoms with Crippen LogP contribution in [0.15, 0.2) is 36.5 Å². The Bertz CT molecular complexity index is 493.